The zero-order valence-corrected chi connectivity index (χ0v) is 13.3. The maximum Gasteiger partial charge on any atom is 0.256 e. The van der Waals surface area contributed by atoms with Crippen LogP contribution in [0.1, 0.15) is 16.8 Å². The van der Waals surface area contributed by atoms with Crippen molar-refractivity contribution >= 4 is 28.4 Å². The van der Waals surface area contributed by atoms with Gasteiger partial charge in [0.2, 0.25) is 5.78 Å². The van der Waals surface area contributed by atoms with Crippen LogP contribution in [0, 0.1) is 6.92 Å². The Morgan fingerprint density at radius 1 is 1.13 bits per heavy atom. The highest BCUT2D eigenvalue weighted by Gasteiger charge is 2.13. The molecule has 0 bridgehead atoms. The molecule has 0 aliphatic heterocycles. The number of aromatic amines is 1. The average Bonchev–Trinajstić information content (AvgIpc) is 2.91. The molecule has 23 heavy (non-hydrogen) atoms. The lowest BCUT2D eigenvalue weighted by atomic mass is 10.1. The van der Waals surface area contributed by atoms with Crippen LogP contribution in [-0.4, -0.2) is 14.4 Å². The Kier molecular flexibility index (Phi) is 3.20. The number of hydrogen-bond acceptors (Lipinski definition) is 2. The topological polar surface area (TPSA) is 50.2 Å². The highest BCUT2D eigenvalue weighted by Crippen LogP contribution is 2.19. The molecule has 2 heterocycles. The van der Waals surface area contributed by atoms with E-state index in [1.807, 2.05) is 59.9 Å². The van der Waals surface area contributed by atoms with Gasteiger partial charge in [-0.15, -0.1) is 0 Å². The number of aromatic nitrogens is 3. The van der Waals surface area contributed by atoms with E-state index in [1.165, 1.54) is 0 Å². The molecule has 0 atom stereocenters. The van der Waals surface area contributed by atoms with Gasteiger partial charge in [-0.05, 0) is 36.8 Å². The number of rotatable bonds is 2. The lowest BCUT2D eigenvalue weighted by molar-refractivity contribution is 0.966. The van der Waals surface area contributed by atoms with Crippen LogP contribution < -0.4 is 5.56 Å². The average molecular weight is 324 g/mol. The van der Waals surface area contributed by atoms with E-state index >= 15 is 0 Å². The SMILES string of the molecule is Cc1c(Cc2ccc(Cl)cc2)c(=O)[nH]c2nc3ccccc3n12. The van der Waals surface area contributed by atoms with Gasteiger partial charge in [-0.3, -0.25) is 14.2 Å². The summed E-state index contributed by atoms with van der Waals surface area (Å²) in [5.74, 6) is 0.577. The second-order valence-electron chi connectivity index (χ2n) is 5.58. The van der Waals surface area contributed by atoms with Crippen LogP contribution in [0.2, 0.25) is 5.02 Å². The molecule has 0 amide bonds. The van der Waals surface area contributed by atoms with Gasteiger partial charge in [-0.25, -0.2) is 4.98 Å². The van der Waals surface area contributed by atoms with Crippen LogP contribution in [0.15, 0.2) is 53.3 Å². The molecule has 0 aliphatic rings. The number of para-hydroxylation sites is 2. The number of imidazole rings is 1. The predicted octanol–water partition coefficient (Wildman–Crippen LogP) is 3.73. The molecule has 0 unspecified atom stereocenters. The van der Waals surface area contributed by atoms with E-state index in [0.717, 1.165) is 27.9 Å². The Bertz CT molecular complexity index is 1080. The smallest absolute Gasteiger partial charge is 0.256 e. The quantitative estimate of drug-likeness (QED) is 0.611. The number of nitrogens with one attached hydrogen (secondary N) is 1. The summed E-state index contributed by atoms with van der Waals surface area (Å²) < 4.78 is 2.00. The molecule has 2 aromatic heterocycles. The summed E-state index contributed by atoms with van der Waals surface area (Å²) in [6.45, 7) is 1.96. The normalized spacial score (nSPS) is 11.4. The van der Waals surface area contributed by atoms with Crippen molar-refractivity contribution in [2.24, 2.45) is 0 Å². The molecule has 2 aromatic carbocycles. The van der Waals surface area contributed by atoms with Crippen LogP contribution in [-0.2, 0) is 6.42 Å². The van der Waals surface area contributed by atoms with Gasteiger partial charge >= 0.3 is 0 Å². The number of nitrogens with zero attached hydrogens (tertiary/aromatic N) is 2. The second-order valence-corrected chi connectivity index (χ2v) is 6.02. The minimum atomic E-state index is -0.0970. The van der Waals surface area contributed by atoms with E-state index in [1.54, 1.807) is 0 Å². The summed E-state index contributed by atoms with van der Waals surface area (Å²) in [5, 5.41) is 0.690. The van der Waals surface area contributed by atoms with Crippen molar-refractivity contribution in [1.29, 1.82) is 0 Å². The summed E-state index contributed by atoms with van der Waals surface area (Å²) in [6, 6.07) is 15.4. The van der Waals surface area contributed by atoms with Crippen LogP contribution in [0.5, 0.6) is 0 Å². The standard InChI is InChI=1S/C18H14ClN3O/c1-11-14(10-12-6-8-13(19)9-7-12)17(23)21-18-20-15-4-2-3-5-16(15)22(11)18/h2-9H,10H2,1H3,(H,20,21,23). The number of fused-ring (bicyclic) bond motifs is 3. The largest absolute Gasteiger partial charge is 0.292 e. The third-order valence-corrected chi connectivity index (χ3v) is 4.38. The van der Waals surface area contributed by atoms with Gasteiger partial charge in [0, 0.05) is 22.7 Å². The maximum atomic E-state index is 12.5. The molecule has 4 nitrogen and oxygen atoms in total. The van der Waals surface area contributed by atoms with E-state index in [2.05, 4.69) is 9.97 Å². The molecule has 114 valence electrons. The number of H-pyrrole nitrogens is 1. The molecule has 4 rings (SSSR count). The Balaban J connectivity index is 1.94. The lowest BCUT2D eigenvalue weighted by Gasteiger charge is -2.08. The van der Waals surface area contributed by atoms with Crippen LogP contribution in [0.25, 0.3) is 16.8 Å². The number of hydrogen-bond donors (Lipinski definition) is 1. The summed E-state index contributed by atoms with van der Waals surface area (Å²) in [7, 11) is 0. The van der Waals surface area contributed by atoms with Crippen molar-refractivity contribution in [2.75, 3.05) is 0 Å². The summed E-state index contributed by atoms with van der Waals surface area (Å²) in [6.07, 6.45) is 0.556. The fourth-order valence-electron chi connectivity index (χ4n) is 2.94. The zero-order chi connectivity index (χ0) is 16.0. The zero-order valence-electron chi connectivity index (χ0n) is 12.5. The first-order valence-corrected chi connectivity index (χ1v) is 7.74. The van der Waals surface area contributed by atoms with Gasteiger partial charge in [-0.2, -0.15) is 0 Å². The third kappa shape index (κ3) is 2.32. The summed E-state index contributed by atoms with van der Waals surface area (Å²) >= 11 is 5.93. The van der Waals surface area contributed by atoms with Gasteiger partial charge in [0.1, 0.15) is 0 Å². The fourth-order valence-corrected chi connectivity index (χ4v) is 3.07. The van der Waals surface area contributed by atoms with Crippen LogP contribution in [0.3, 0.4) is 0 Å². The third-order valence-electron chi connectivity index (χ3n) is 4.13. The van der Waals surface area contributed by atoms with Crippen molar-refractivity contribution < 1.29 is 0 Å². The maximum absolute atomic E-state index is 12.5. The molecule has 0 saturated carbocycles. The summed E-state index contributed by atoms with van der Waals surface area (Å²) in [5.41, 5.74) is 4.46. The van der Waals surface area contributed by atoms with E-state index in [9.17, 15) is 4.79 Å². The molecule has 0 saturated heterocycles. The van der Waals surface area contributed by atoms with Gasteiger partial charge in [0.25, 0.3) is 5.56 Å². The van der Waals surface area contributed by atoms with Crippen molar-refractivity contribution in [1.82, 2.24) is 14.4 Å². The van der Waals surface area contributed by atoms with Crippen molar-refractivity contribution in [3.63, 3.8) is 0 Å². The van der Waals surface area contributed by atoms with Gasteiger partial charge < -0.3 is 0 Å². The minimum absolute atomic E-state index is 0.0970. The number of benzene rings is 2. The molecule has 0 radical (unpaired) electrons. The van der Waals surface area contributed by atoms with Crippen LogP contribution >= 0.6 is 11.6 Å². The molecular formula is C18H14ClN3O. The van der Waals surface area contributed by atoms with Gasteiger partial charge in [0.05, 0.1) is 11.0 Å². The van der Waals surface area contributed by atoms with Crippen molar-refractivity contribution in [2.45, 2.75) is 13.3 Å². The van der Waals surface area contributed by atoms with Gasteiger partial charge in [-0.1, -0.05) is 35.9 Å². The Labute approximate surface area is 137 Å². The first kappa shape index (κ1) is 14.0. The van der Waals surface area contributed by atoms with Gasteiger partial charge in [0.15, 0.2) is 0 Å². The van der Waals surface area contributed by atoms with E-state index in [0.29, 0.717) is 17.2 Å². The Morgan fingerprint density at radius 3 is 2.65 bits per heavy atom. The van der Waals surface area contributed by atoms with Crippen molar-refractivity contribution in [3.8, 4) is 0 Å². The first-order valence-electron chi connectivity index (χ1n) is 7.37. The number of halogens is 1. The van der Waals surface area contributed by atoms with Crippen molar-refractivity contribution in [3.05, 3.63) is 80.7 Å². The number of aryl methyl sites for hydroxylation is 1. The second kappa shape index (κ2) is 5.25. The molecular weight excluding hydrogens is 310 g/mol. The Morgan fingerprint density at radius 2 is 1.87 bits per heavy atom. The molecule has 0 fully saturated rings. The molecule has 5 heteroatoms. The van der Waals surface area contributed by atoms with E-state index < -0.39 is 0 Å². The minimum Gasteiger partial charge on any atom is -0.292 e. The molecule has 0 spiro atoms. The lowest BCUT2D eigenvalue weighted by Crippen LogP contribution is -2.18. The highest BCUT2D eigenvalue weighted by molar-refractivity contribution is 6.30. The first-order chi connectivity index (χ1) is 11.1. The predicted molar refractivity (Wildman–Crippen MR) is 92.3 cm³/mol. The molecule has 1 N–H and O–H groups in total. The highest BCUT2D eigenvalue weighted by atomic mass is 35.5. The van der Waals surface area contributed by atoms with Crippen LogP contribution in [0.4, 0.5) is 0 Å². The Hall–Kier alpha value is -2.59. The molecule has 0 aliphatic carbocycles. The van der Waals surface area contributed by atoms with E-state index in [4.69, 9.17) is 11.6 Å². The van der Waals surface area contributed by atoms with E-state index in [-0.39, 0.29) is 5.56 Å². The molecule has 4 aromatic rings. The summed E-state index contributed by atoms with van der Waals surface area (Å²) in [4.78, 5) is 19.8. The fraction of sp³-hybridized carbons (Fsp3) is 0.111. The monoisotopic (exact) mass is 323 g/mol.